The second kappa shape index (κ2) is 13.0. The number of nitrogens with zero attached hydrogens (tertiary/aromatic N) is 4. The number of nitrogens with one attached hydrogen (secondary N) is 2. The Kier molecular flexibility index (Phi) is 9.48. The lowest BCUT2D eigenvalue weighted by molar-refractivity contribution is -0.140. The third kappa shape index (κ3) is 7.06. The van der Waals surface area contributed by atoms with Gasteiger partial charge >= 0.3 is 6.18 Å². The van der Waals surface area contributed by atoms with Crippen molar-refractivity contribution >= 4 is 28.9 Å². The molecule has 2 heterocycles. The van der Waals surface area contributed by atoms with E-state index in [1.54, 1.807) is 12.1 Å². The average molecular weight is 591 g/mol. The number of carbonyl (C=O) groups excluding carboxylic acids is 1. The van der Waals surface area contributed by atoms with Gasteiger partial charge in [-0.2, -0.15) is 13.2 Å². The van der Waals surface area contributed by atoms with Gasteiger partial charge in [0.05, 0.1) is 36.7 Å². The number of rotatable bonds is 11. The Morgan fingerprint density at radius 3 is 2.69 bits per heavy atom. The van der Waals surface area contributed by atoms with Crippen molar-refractivity contribution in [1.29, 1.82) is 0 Å². The molecular formula is C28H30F4N6O4. The van der Waals surface area contributed by atoms with Gasteiger partial charge in [0, 0.05) is 30.7 Å². The smallest absolute Gasteiger partial charge is 0.419 e. The van der Waals surface area contributed by atoms with Crippen LogP contribution in [0.4, 0.5) is 40.6 Å². The van der Waals surface area contributed by atoms with Crippen molar-refractivity contribution in [2.45, 2.75) is 18.6 Å². The summed E-state index contributed by atoms with van der Waals surface area (Å²) >= 11 is 0. The fraction of sp³-hybridized carbons (Fsp3) is 0.321. The van der Waals surface area contributed by atoms with Gasteiger partial charge in [-0.25, -0.2) is 19.4 Å². The molecule has 0 bridgehead atoms. The Hall–Kier alpha value is -4.43. The number of halogens is 4. The minimum Gasteiger partial charge on any atom is -0.494 e. The molecule has 1 fully saturated rings. The van der Waals surface area contributed by atoms with E-state index in [4.69, 9.17) is 14.3 Å². The van der Waals surface area contributed by atoms with Crippen molar-refractivity contribution in [2.24, 2.45) is 0 Å². The summed E-state index contributed by atoms with van der Waals surface area (Å²) < 4.78 is 66.4. The molecule has 1 atom stereocenters. The fourth-order valence-corrected chi connectivity index (χ4v) is 4.24. The van der Waals surface area contributed by atoms with Crippen LogP contribution in [-0.4, -0.2) is 61.7 Å². The van der Waals surface area contributed by atoms with Crippen molar-refractivity contribution in [1.82, 2.24) is 14.9 Å². The van der Waals surface area contributed by atoms with Gasteiger partial charge < -0.3 is 25.0 Å². The summed E-state index contributed by atoms with van der Waals surface area (Å²) in [6.45, 7) is 4.60. The molecule has 42 heavy (non-hydrogen) atoms. The first-order valence-electron chi connectivity index (χ1n) is 12.8. The first-order chi connectivity index (χ1) is 20.0. The second-order valence-electron chi connectivity index (χ2n) is 9.45. The molecule has 0 aliphatic carbocycles. The molecule has 14 heteroatoms. The maximum absolute atomic E-state index is 15.0. The molecule has 2 aromatic carbocycles. The molecule has 1 aliphatic heterocycles. The van der Waals surface area contributed by atoms with E-state index in [-0.39, 0.29) is 30.2 Å². The van der Waals surface area contributed by atoms with Crippen LogP contribution in [0.3, 0.4) is 0 Å². The summed E-state index contributed by atoms with van der Waals surface area (Å²) in [7, 11) is 5.27. The van der Waals surface area contributed by atoms with E-state index in [2.05, 4.69) is 27.2 Å². The van der Waals surface area contributed by atoms with E-state index in [0.29, 0.717) is 42.1 Å². The van der Waals surface area contributed by atoms with Crippen molar-refractivity contribution < 1.29 is 36.7 Å². The number of aromatic nitrogens is 2. The average Bonchev–Trinajstić information content (AvgIpc) is 3.43. The van der Waals surface area contributed by atoms with Gasteiger partial charge in [0.1, 0.15) is 36.1 Å². The molecule has 2 N–H and O–H groups in total. The highest BCUT2D eigenvalue weighted by Crippen LogP contribution is 2.41. The number of amides is 1. The quantitative estimate of drug-likeness (QED) is 0.227. The van der Waals surface area contributed by atoms with Gasteiger partial charge in [-0.3, -0.25) is 9.63 Å². The summed E-state index contributed by atoms with van der Waals surface area (Å²) in [4.78, 5) is 28.1. The Bertz CT molecular complexity index is 1440. The van der Waals surface area contributed by atoms with Crippen LogP contribution in [-0.2, 0) is 15.8 Å². The Labute approximate surface area is 239 Å². The third-order valence-electron chi connectivity index (χ3n) is 6.28. The minimum atomic E-state index is -4.84. The van der Waals surface area contributed by atoms with Crippen molar-refractivity contribution in [3.63, 3.8) is 0 Å². The molecule has 0 saturated carbocycles. The lowest BCUT2D eigenvalue weighted by Gasteiger charge is -2.25. The second-order valence-corrected chi connectivity index (χ2v) is 9.45. The Balaban J connectivity index is 1.63. The maximum atomic E-state index is 15.0. The molecule has 224 valence electrons. The highest BCUT2D eigenvalue weighted by molar-refractivity contribution is 6.00. The monoisotopic (exact) mass is 590 g/mol. The van der Waals surface area contributed by atoms with Crippen molar-refractivity contribution in [3.05, 3.63) is 72.3 Å². The molecule has 0 spiro atoms. The highest BCUT2D eigenvalue weighted by Gasteiger charge is 2.38. The van der Waals surface area contributed by atoms with Gasteiger partial charge in [0.15, 0.2) is 5.82 Å². The standard InChI is InChI=1S/C28H30F4N6O4/c1-5-26(39)36-20-13-19(22(40-4)14-23(20)41-12-10-37(2)3)35-24-15-25(34-16-33-24)38-21(9-11-42-38)17-7-6-8-18(27(17)29)28(30,31)32/h5-8,13-16,21H,1,9-12H2,2-4H3,(H,36,39)(H,33,34,35). The van der Waals surface area contributed by atoms with Crippen molar-refractivity contribution in [3.8, 4) is 11.5 Å². The van der Waals surface area contributed by atoms with Gasteiger partial charge in [-0.05, 0) is 32.3 Å². The van der Waals surface area contributed by atoms with E-state index >= 15 is 0 Å². The number of anilines is 4. The topological polar surface area (TPSA) is 101 Å². The highest BCUT2D eigenvalue weighted by atomic mass is 19.4. The zero-order valence-electron chi connectivity index (χ0n) is 23.2. The van der Waals surface area contributed by atoms with E-state index in [9.17, 15) is 22.4 Å². The molecule has 0 radical (unpaired) electrons. The molecular weight excluding hydrogens is 560 g/mol. The molecule has 1 aromatic heterocycles. The van der Waals surface area contributed by atoms with Crippen LogP contribution in [0.25, 0.3) is 0 Å². The van der Waals surface area contributed by atoms with Crippen LogP contribution in [0.15, 0.2) is 55.4 Å². The summed E-state index contributed by atoms with van der Waals surface area (Å²) in [5.74, 6) is -0.618. The Morgan fingerprint density at radius 1 is 1.21 bits per heavy atom. The molecule has 10 nitrogen and oxygen atoms in total. The minimum absolute atomic E-state index is 0.141. The molecule has 3 aromatic rings. The lowest BCUT2D eigenvalue weighted by Crippen LogP contribution is -2.24. The number of hydrogen-bond acceptors (Lipinski definition) is 9. The van der Waals surface area contributed by atoms with Gasteiger partial charge in [0.25, 0.3) is 0 Å². The van der Waals surface area contributed by atoms with Crippen LogP contribution in [0.2, 0.25) is 0 Å². The first-order valence-corrected chi connectivity index (χ1v) is 12.8. The first kappa shape index (κ1) is 30.5. The third-order valence-corrected chi connectivity index (χ3v) is 6.28. The zero-order chi connectivity index (χ0) is 30.4. The predicted octanol–water partition coefficient (Wildman–Crippen LogP) is 5.33. The maximum Gasteiger partial charge on any atom is 0.419 e. The van der Waals surface area contributed by atoms with E-state index in [1.807, 2.05) is 19.0 Å². The molecule has 1 amide bonds. The van der Waals surface area contributed by atoms with Crippen LogP contribution in [0.1, 0.15) is 23.6 Å². The van der Waals surface area contributed by atoms with Crippen LogP contribution in [0, 0.1) is 5.82 Å². The normalized spacial score (nSPS) is 15.0. The number of benzene rings is 2. The number of carbonyl (C=O) groups is 1. The van der Waals surface area contributed by atoms with Gasteiger partial charge in [-0.15, -0.1) is 0 Å². The zero-order valence-corrected chi connectivity index (χ0v) is 23.2. The largest absolute Gasteiger partial charge is 0.494 e. The van der Waals surface area contributed by atoms with Crippen LogP contribution < -0.4 is 25.2 Å². The summed E-state index contributed by atoms with van der Waals surface area (Å²) in [5.41, 5.74) is -0.759. The molecule has 1 saturated heterocycles. The number of methoxy groups -OCH3 is 1. The summed E-state index contributed by atoms with van der Waals surface area (Å²) in [6.07, 6.45) is -2.26. The number of alkyl halides is 3. The van der Waals surface area contributed by atoms with E-state index in [1.165, 1.54) is 30.6 Å². The Morgan fingerprint density at radius 2 is 2.00 bits per heavy atom. The number of hydrogen-bond donors (Lipinski definition) is 2. The summed E-state index contributed by atoms with van der Waals surface area (Å²) in [5, 5.41) is 7.07. The van der Waals surface area contributed by atoms with Gasteiger partial charge in [-0.1, -0.05) is 18.7 Å². The SMILES string of the molecule is C=CC(=O)Nc1cc(Nc2cc(N3OCCC3c3cccc(C(F)(F)F)c3F)ncn2)c(OC)cc1OCCN(C)C. The molecule has 1 unspecified atom stereocenters. The van der Waals surface area contributed by atoms with Crippen LogP contribution in [0.5, 0.6) is 11.5 Å². The number of likely N-dealkylation sites (N-methyl/N-ethyl adjacent to an activating group) is 1. The van der Waals surface area contributed by atoms with E-state index in [0.717, 1.165) is 12.1 Å². The molecule has 4 rings (SSSR count). The van der Waals surface area contributed by atoms with Crippen LogP contribution >= 0.6 is 0 Å². The lowest BCUT2D eigenvalue weighted by atomic mass is 10.0. The summed E-state index contributed by atoms with van der Waals surface area (Å²) in [6, 6.07) is 6.99. The number of hydroxylamine groups is 1. The predicted molar refractivity (Wildman–Crippen MR) is 148 cm³/mol. The van der Waals surface area contributed by atoms with Gasteiger partial charge in [0.2, 0.25) is 5.91 Å². The fourth-order valence-electron chi connectivity index (χ4n) is 4.24. The molecule has 1 aliphatic rings. The van der Waals surface area contributed by atoms with Crippen molar-refractivity contribution in [2.75, 3.05) is 56.7 Å². The number of ether oxygens (including phenoxy) is 2. The van der Waals surface area contributed by atoms with E-state index < -0.39 is 29.5 Å².